The molecule has 1 saturated heterocycles. The van der Waals surface area contributed by atoms with E-state index in [4.69, 9.17) is 0 Å². The fourth-order valence-corrected chi connectivity index (χ4v) is 2.67. The summed E-state index contributed by atoms with van der Waals surface area (Å²) in [7, 11) is 1.90. The summed E-state index contributed by atoms with van der Waals surface area (Å²) >= 11 is 3.51. The van der Waals surface area contributed by atoms with Crippen LogP contribution in [0.1, 0.15) is 18.5 Å². The van der Waals surface area contributed by atoms with Crippen LogP contribution in [-0.2, 0) is 9.59 Å². The van der Waals surface area contributed by atoms with Crippen LogP contribution < -0.4 is 15.5 Å². The monoisotopic (exact) mass is 325 g/mol. The van der Waals surface area contributed by atoms with Crippen molar-refractivity contribution in [1.82, 2.24) is 10.6 Å². The largest absolute Gasteiger partial charge is 0.352 e. The molecule has 0 spiro atoms. The highest BCUT2D eigenvalue weighted by molar-refractivity contribution is 9.10. The van der Waals surface area contributed by atoms with Crippen LogP contribution in [-0.4, -0.2) is 32.0 Å². The number of carbonyl (C=O) groups is 2. The predicted octanol–water partition coefficient (Wildman–Crippen LogP) is 1.19. The van der Waals surface area contributed by atoms with E-state index in [1.165, 1.54) is 0 Å². The first-order chi connectivity index (χ1) is 9.01. The molecule has 0 aliphatic carbocycles. The SMILES string of the molecule is CNC(C)c1ccc(N2CC(=O)NC(=O)C2)c(Br)c1. The molecule has 1 fully saturated rings. The van der Waals surface area contributed by atoms with Gasteiger partial charge in [0.2, 0.25) is 11.8 Å². The third kappa shape index (κ3) is 3.13. The van der Waals surface area contributed by atoms with Gasteiger partial charge in [-0.2, -0.15) is 0 Å². The second-order valence-electron chi connectivity index (χ2n) is 4.55. The smallest absolute Gasteiger partial charge is 0.246 e. The number of amides is 2. The van der Waals surface area contributed by atoms with Crippen molar-refractivity contribution in [3.8, 4) is 0 Å². The topological polar surface area (TPSA) is 61.4 Å². The van der Waals surface area contributed by atoms with Crippen LogP contribution in [0.15, 0.2) is 22.7 Å². The summed E-state index contributed by atoms with van der Waals surface area (Å²) in [5.74, 6) is -0.536. The van der Waals surface area contributed by atoms with Crippen LogP contribution in [0.25, 0.3) is 0 Å². The van der Waals surface area contributed by atoms with Crippen LogP contribution in [0.5, 0.6) is 0 Å². The van der Waals surface area contributed by atoms with E-state index in [1.54, 1.807) is 4.90 Å². The molecule has 1 heterocycles. The number of carbonyl (C=O) groups excluding carboxylic acids is 2. The van der Waals surface area contributed by atoms with Crippen LogP contribution in [0, 0.1) is 0 Å². The van der Waals surface area contributed by atoms with Crippen molar-refractivity contribution < 1.29 is 9.59 Å². The molecule has 2 rings (SSSR count). The second-order valence-corrected chi connectivity index (χ2v) is 5.40. The number of hydrogen-bond donors (Lipinski definition) is 2. The molecule has 1 aliphatic heterocycles. The maximum atomic E-state index is 11.4. The average molecular weight is 326 g/mol. The maximum absolute atomic E-state index is 11.4. The van der Waals surface area contributed by atoms with E-state index >= 15 is 0 Å². The normalized spacial score (nSPS) is 17.3. The molecule has 2 N–H and O–H groups in total. The summed E-state index contributed by atoms with van der Waals surface area (Å²) in [5, 5.41) is 5.46. The van der Waals surface area contributed by atoms with Crippen molar-refractivity contribution in [3.05, 3.63) is 28.2 Å². The summed E-state index contributed by atoms with van der Waals surface area (Å²) in [4.78, 5) is 24.5. The molecule has 2 amide bonds. The molecular formula is C13H16BrN3O2. The molecule has 0 saturated carbocycles. The molecule has 6 heteroatoms. The van der Waals surface area contributed by atoms with Gasteiger partial charge in [-0.15, -0.1) is 0 Å². The van der Waals surface area contributed by atoms with Gasteiger partial charge >= 0.3 is 0 Å². The van der Waals surface area contributed by atoms with E-state index < -0.39 is 0 Å². The minimum atomic E-state index is -0.268. The van der Waals surface area contributed by atoms with E-state index in [9.17, 15) is 9.59 Å². The molecule has 1 aromatic carbocycles. The summed E-state index contributed by atoms with van der Waals surface area (Å²) in [6, 6.07) is 6.18. The number of piperazine rings is 1. The molecular weight excluding hydrogens is 310 g/mol. The van der Waals surface area contributed by atoms with Crippen LogP contribution in [0.4, 0.5) is 5.69 Å². The number of benzene rings is 1. The summed E-state index contributed by atoms with van der Waals surface area (Å²) < 4.78 is 0.884. The van der Waals surface area contributed by atoms with Crippen LogP contribution in [0.2, 0.25) is 0 Å². The quantitative estimate of drug-likeness (QED) is 0.820. The van der Waals surface area contributed by atoms with Crippen molar-refractivity contribution in [1.29, 1.82) is 0 Å². The lowest BCUT2D eigenvalue weighted by molar-refractivity contribution is -0.130. The van der Waals surface area contributed by atoms with Gasteiger partial charge in [-0.3, -0.25) is 14.9 Å². The van der Waals surface area contributed by atoms with Crippen molar-refractivity contribution in [2.75, 3.05) is 25.0 Å². The van der Waals surface area contributed by atoms with Crippen LogP contribution >= 0.6 is 15.9 Å². The Balaban J connectivity index is 2.25. The van der Waals surface area contributed by atoms with Crippen molar-refractivity contribution in [2.45, 2.75) is 13.0 Å². The Labute approximate surface area is 120 Å². The van der Waals surface area contributed by atoms with Gasteiger partial charge in [-0.05, 0) is 47.6 Å². The van der Waals surface area contributed by atoms with Gasteiger partial charge < -0.3 is 10.2 Å². The lowest BCUT2D eigenvalue weighted by atomic mass is 10.1. The minimum Gasteiger partial charge on any atom is -0.352 e. The zero-order valence-electron chi connectivity index (χ0n) is 10.9. The molecule has 5 nitrogen and oxygen atoms in total. The Kier molecular flexibility index (Phi) is 4.21. The molecule has 1 atom stereocenters. The Morgan fingerprint density at radius 2 is 1.95 bits per heavy atom. The summed E-state index contributed by atoms with van der Waals surface area (Å²) in [6.45, 7) is 2.47. The number of nitrogens with zero attached hydrogens (tertiary/aromatic N) is 1. The first kappa shape index (κ1) is 14.0. The van der Waals surface area contributed by atoms with Crippen molar-refractivity contribution in [3.63, 3.8) is 0 Å². The number of hydrogen-bond acceptors (Lipinski definition) is 4. The minimum absolute atomic E-state index is 0.200. The standard InChI is InChI=1S/C13H16BrN3O2/c1-8(15-2)9-3-4-11(10(14)5-9)17-6-12(18)16-13(19)7-17/h3-5,8,15H,6-7H2,1-2H3,(H,16,18,19). The predicted molar refractivity (Wildman–Crippen MR) is 77.0 cm³/mol. The zero-order valence-corrected chi connectivity index (χ0v) is 12.5. The van der Waals surface area contributed by atoms with Gasteiger partial charge in [0.25, 0.3) is 0 Å². The number of anilines is 1. The fourth-order valence-electron chi connectivity index (χ4n) is 2.02. The molecule has 1 aliphatic rings. The lowest BCUT2D eigenvalue weighted by Crippen LogP contribution is -2.51. The Bertz CT molecular complexity index is 503. The molecule has 0 bridgehead atoms. The number of nitrogens with one attached hydrogen (secondary N) is 2. The highest BCUT2D eigenvalue weighted by Gasteiger charge is 2.24. The maximum Gasteiger partial charge on any atom is 0.246 e. The van der Waals surface area contributed by atoms with Crippen molar-refractivity contribution in [2.24, 2.45) is 0 Å². The van der Waals surface area contributed by atoms with Gasteiger partial charge in [0.05, 0.1) is 18.8 Å². The number of rotatable bonds is 3. The second kappa shape index (κ2) is 5.71. The zero-order chi connectivity index (χ0) is 14.0. The Morgan fingerprint density at radius 3 is 2.47 bits per heavy atom. The van der Waals surface area contributed by atoms with Gasteiger partial charge in [-0.25, -0.2) is 0 Å². The molecule has 0 aromatic heterocycles. The third-order valence-electron chi connectivity index (χ3n) is 3.19. The van der Waals surface area contributed by atoms with E-state index in [1.807, 2.05) is 25.2 Å². The van der Waals surface area contributed by atoms with Gasteiger partial charge in [-0.1, -0.05) is 6.07 Å². The van der Waals surface area contributed by atoms with E-state index in [-0.39, 0.29) is 30.9 Å². The van der Waals surface area contributed by atoms with E-state index in [0.717, 1.165) is 15.7 Å². The van der Waals surface area contributed by atoms with Gasteiger partial charge in [0, 0.05) is 10.5 Å². The van der Waals surface area contributed by atoms with E-state index in [2.05, 4.69) is 33.5 Å². The van der Waals surface area contributed by atoms with E-state index in [0.29, 0.717) is 0 Å². The average Bonchev–Trinajstić information content (AvgIpc) is 2.36. The van der Waals surface area contributed by atoms with Crippen molar-refractivity contribution >= 4 is 33.4 Å². The highest BCUT2D eigenvalue weighted by atomic mass is 79.9. The summed E-state index contributed by atoms with van der Waals surface area (Å²) in [5.41, 5.74) is 2.00. The number of halogens is 1. The molecule has 19 heavy (non-hydrogen) atoms. The van der Waals surface area contributed by atoms with Crippen LogP contribution in [0.3, 0.4) is 0 Å². The first-order valence-corrected chi connectivity index (χ1v) is 6.85. The third-order valence-corrected chi connectivity index (χ3v) is 3.83. The molecule has 1 unspecified atom stereocenters. The Hall–Kier alpha value is -1.40. The van der Waals surface area contributed by atoms with Gasteiger partial charge in [0.1, 0.15) is 0 Å². The fraction of sp³-hybridized carbons (Fsp3) is 0.385. The summed E-state index contributed by atoms with van der Waals surface area (Å²) in [6.07, 6.45) is 0. The first-order valence-electron chi connectivity index (χ1n) is 6.05. The lowest BCUT2D eigenvalue weighted by Gasteiger charge is -2.28. The Morgan fingerprint density at radius 1 is 1.32 bits per heavy atom. The highest BCUT2D eigenvalue weighted by Crippen LogP contribution is 2.29. The number of imide groups is 1. The van der Waals surface area contributed by atoms with Gasteiger partial charge in [0.15, 0.2) is 0 Å². The molecule has 0 radical (unpaired) electrons. The molecule has 1 aromatic rings. The molecule has 102 valence electrons.